The van der Waals surface area contributed by atoms with Crippen LogP contribution in [0.15, 0.2) is 0 Å². The molecule has 19 heavy (non-hydrogen) atoms. The lowest BCUT2D eigenvalue weighted by atomic mass is 9.79. The van der Waals surface area contributed by atoms with E-state index in [0.29, 0.717) is 6.04 Å². The molecule has 1 aliphatic heterocycles. The summed E-state index contributed by atoms with van der Waals surface area (Å²) in [6.45, 7) is 3.21. The van der Waals surface area contributed by atoms with E-state index in [1.165, 1.54) is 70.6 Å². The molecule has 2 rings (SSSR count). The Hall–Kier alpha value is -0.120. The van der Waals surface area contributed by atoms with Crippen molar-refractivity contribution in [3.05, 3.63) is 0 Å². The molecule has 0 amide bonds. The minimum absolute atomic E-state index is 0.224. The van der Waals surface area contributed by atoms with Gasteiger partial charge in [0.05, 0.1) is 5.60 Å². The number of nitrogens with one attached hydrogen (secondary N) is 1. The van der Waals surface area contributed by atoms with E-state index in [0.717, 1.165) is 12.5 Å². The van der Waals surface area contributed by atoms with Crippen molar-refractivity contribution in [3.8, 4) is 0 Å². The summed E-state index contributed by atoms with van der Waals surface area (Å²) < 4.78 is 6.13. The quantitative estimate of drug-likeness (QED) is 0.422. The lowest BCUT2D eigenvalue weighted by molar-refractivity contribution is -0.0983. The third kappa shape index (κ3) is 4.17. The highest BCUT2D eigenvalue weighted by Gasteiger charge is 2.41. The number of nitrogens with two attached hydrogens (primary N) is 1. The Morgan fingerprint density at radius 3 is 2.74 bits per heavy atom. The van der Waals surface area contributed by atoms with Crippen molar-refractivity contribution in [2.75, 3.05) is 6.61 Å². The van der Waals surface area contributed by atoms with E-state index < -0.39 is 0 Å². The first kappa shape index (κ1) is 15.3. The summed E-state index contributed by atoms with van der Waals surface area (Å²) in [5.74, 6) is 6.54. The second-order valence-corrected chi connectivity index (χ2v) is 6.61. The van der Waals surface area contributed by atoms with Gasteiger partial charge in [-0.05, 0) is 38.0 Å². The molecular weight excluding hydrogens is 236 g/mol. The summed E-state index contributed by atoms with van der Waals surface area (Å²) in [6, 6.07) is 0.498. The molecule has 3 nitrogen and oxygen atoms in total. The van der Waals surface area contributed by atoms with Crippen LogP contribution in [0.1, 0.15) is 77.6 Å². The molecule has 1 heterocycles. The van der Waals surface area contributed by atoms with Crippen molar-refractivity contribution in [2.45, 2.75) is 89.2 Å². The molecule has 3 N–H and O–H groups in total. The normalized spacial score (nSPS) is 27.8. The molecule has 0 aromatic rings. The number of hydrazine groups is 1. The smallest absolute Gasteiger partial charge is 0.0685 e. The maximum Gasteiger partial charge on any atom is 0.0685 e. The van der Waals surface area contributed by atoms with Gasteiger partial charge in [-0.2, -0.15) is 0 Å². The van der Waals surface area contributed by atoms with Gasteiger partial charge in [0.1, 0.15) is 0 Å². The minimum atomic E-state index is 0.224. The van der Waals surface area contributed by atoms with Gasteiger partial charge in [-0.1, -0.05) is 45.4 Å². The molecule has 2 fully saturated rings. The highest BCUT2D eigenvalue weighted by Crippen LogP contribution is 2.43. The fourth-order valence-electron chi connectivity index (χ4n) is 4.02. The van der Waals surface area contributed by atoms with Gasteiger partial charge in [-0.3, -0.25) is 11.3 Å². The molecular formula is C16H32N2O. The van der Waals surface area contributed by atoms with Gasteiger partial charge in [0, 0.05) is 12.6 Å². The Balaban J connectivity index is 1.80. The number of ether oxygens (including phenoxy) is 1. The second kappa shape index (κ2) is 7.61. The van der Waals surface area contributed by atoms with Crippen LogP contribution in [0.3, 0.4) is 0 Å². The van der Waals surface area contributed by atoms with Crippen molar-refractivity contribution in [3.63, 3.8) is 0 Å². The fourth-order valence-corrected chi connectivity index (χ4v) is 4.02. The molecule has 2 atom stereocenters. The SMILES string of the molecule is CCCCCCC(NN)C1CCOC2(CCCC2)C1. The third-order valence-corrected chi connectivity index (χ3v) is 5.20. The van der Waals surface area contributed by atoms with Gasteiger partial charge >= 0.3 is 0 Å². The van der Waals surface area contributed by atoms with E-state index >= 15 is 0 Å². The van der Waals surface area contributed by atoms with E-state index in [1.54, 1.807) is 0 Å². The topological polar surface area (TPSA) is 47.3 Å². The molecule has 1 saturated carbocycles. The Kier molecular flexibility index (Phi) is 6.11. The van der Waals surface area contributed by atoms with Crippen LogP contribution in [0.25, 0.3) is 0 Å². The van der Waals surface area contributed by atoms with E-state index in [2.05, 4.69) is 12.3 Å². The van der Waals surface area contributed by atoms with E-state index in [1.807, 2.05) is 0 Å². The van der Waals surface area contributed by atoms with Gasteiger partial charge in [-0.15, -0.1) is 0 Å². The van der Waals surface area contributed by atoms with E-state index in [4.69, 9.17) is 10.6 Å². The average Bonchev–Trinajstić information content (AvgIpc) is 2.87. The maximum absolute atomic E-state index is 6.13. The zero-order valence-electron chi connectivity index (χ0n) is 12.6. The minimum Gasteiger partial charge on any atom is -0.375 e. The van der Waals surface area contributed by atoms with Crippen LogP contribution < -0.4 is 11.3 Å². The Bertz CT molecular complexity index is 251. The highest BCUT2D eigenvalue weighted by molar-refractivity contribution is 4.93. The molecule has 1 spiro atoms. The third-order valence-electron chi connectivity index (χ3n) is 5.20. The zero-order chi connectivity index (χ0) is 13.6. The lowest BCUT2D eigenvalue weighted by Crippen LogP contribution is -2.47. The Morgan fingerprint density at radius 2 is 2.05 bits per heavy atom. The van der Waals surface area contributed by atoms with Crippen molar-refractivity contribution in [2.24, 2.45) is 11.8 Å². The molecule has 2 unspecified atom stereocenters. The van der Waals surface area contributed by atoms with Crippen LogP contribution >= 0.6 is 0 Å². The van der Waals surface area contributed by atoms with Gasteiger partial charge in [0.25, 0.3) is 0 Å². The van der Waals surface area contributed by atoms with Crippen molar-refractivity contribution in [1.82, 2.24) is 5.43 Å². The molecule has 1 saturated heterocycles. The highest BCUT2D eigenvalue weighted by atomic mass is 16.5. The van der Waals surface area contributed by atoms with Crippen LogP contribution in [0.5, 0.6) is 0 Å². The summed E-state index contributed by atoms with van der Waals surface area (Å²) >= 11 is 0. The van der Waals surface area contributed by atoms with E-state index in [-0.39, 0.29) is 5.60 Å². The first-order chi connectivity index (χ1) is 9.29. The average molecular weight is 268 g/mol. The summed E-state index contributed by atoms with van der Waals surface area (Å²) in [6.07, 6.45) is 14.2. The monoisotopic (exact) mass is 268 g/mol. The first-order valence-corrected chi connectivity index (χ1v) is 8.40. The molecule has 112 valence electrons. The summed E-state index contributed by atoms with van der Waals surface area (Å²) in [5, 5.41) is 0. The number of hydrogen-bond acceptors (Lipinski definition) is 3. The number of rotatable bonds is 7. The summed E-state index contributed by atoms with van der Waals surface area (Å²) in [7, 11) is 0. The molecule has 3 heteroatoms. The summed E-state index contributed by atoms with van der Waals surface area (Å²) in [5.41, 5.74) is 3.32. The molecule has 0 radical (unpaired) electrons. The molecule has 2 aliphatic rings. The Labute approximate surface area is 118 Å². The van der Waals surface area contributed by atoms with Crippen molar-refractivity contribution < 1.29 is 4.74 Å². The lowest BCUT2D eigenvalue weighted by Gasteiger charge is -2.41. The number of hydrogen-bond donors (Lipinski definition) is 2. The van der Waals surface area contributed by atoms with Crippen molar-refractivity contribution >= 4 is 0 Å². The Morgan fingerprint density at radius 1 is 1.26 bits per heavy atom. The predicted octanol–water partition coefficient (Wildman–Crippen LogP) is 3.53. The fraction of sp³-hybridized carbons (Fsp3) is 1.00. The summed E-state index contributed by atoms with van der Waals surface area (Å²) in [4.78, 5) is 0. The first-order valence-electron chi connectivity index (χ1n) is 8.40. The van der Waals surface area contributed by atoms with Gasteiger partial charge in [0.2, 0.25) is 0 Å². The standard InChI is InChI=1S/C16H32N2O/c1-2-3-4-5-8-15(18-17)14-9-12-19-16(13-14)10-6-7-11-16/h14-15,18H,2-13,17H2,1H3. The van der Waals surface area contributed by atoms with Crippen molar-refractivity contribution in [1.29, 1.82) is 0 Å². The number of unbranched alkanes of at least 4 members (excludes halogenated alkanes) is 3. The van der Waals surface area contributed by atoms with Crippen LogP contribution in [0.2, 0.25) is 0 Å². The van der Waals surface area contributed by atoms with Crippen LogP contribution in [0, 0.1) is 5.92 Å². The molecule has 0 aromatic heterocycles. The van der Waals surface area contributed by atoms with Crippen LogP contribution in [-0.4, -0.2) is 18.2 Å². The molecule has 1 aliphatic carbocycles. The molecule has 0 aromatic carbocycles. The van der Waals surface area contributed by atoms with Gasteiger partial charge < -0.3 is 4.74 Å². The second-order valence-electron chi connectivity index (χ2n) is 6.61. The largest absolute Gasteiger partial charge is 0.375 e. The molecule has 0 bridgehead atoms. The maximum atomic E-state index is 6.13. The van der Waals surface area contributed by atoms with Crippen LogP contribution in [0.4, 0.5) is 0 Å². The van der Waals surface area contributed by atoms with E-state index in [9.17, 15) is 0 Å². The van der Waals surface area contributed by atoms with Gasteiger partial charge in [0.15, 0.2) is 0 Å². The van der Waals surface area contributed by atoms with Gasteiger partial charge in [-0.25, -0.2) is 0 Å². The zero-order valence-corrected chi connectivity index (χ0v) is 12.6. The van der Waals surface area contributed by atoms with Crippen LogP contribution in [-0.2, 0) is 4.74 Å². The predicted molar refractivity (Wildman–Crippen MR) is 79.7 cm³/mol.